The Morgan fingerprint density at radius 1 is 1.10 bits per heavy atom. The SMILES string of the molecule is Cc1ccc2cc(-c3ccc(Cl)cc3)c(C(=O)O)nc2c1. The van der Waals surface area contributed by atoms with Gasteiger partial charge in [-0.05, 0) is 42.3 Å². The second-order valence-electron chi connectivity index (χ2n) is 4.89. The fraction of sp³-hybridized carbons (Fsp3) is 0.0588. The summed E-state index contributed by atoms with van der Waals surface area (Å²) in [6, 6.07) is 14.7. The van der Waals surface area contributed by atoms with Crippen molar-refractivity contribution in [2.24, 2.45) is 0 Å². The first-order valence-corrected chi connectivity index (χ1v) is 6.83. The summed E-state index contributed by atoms with van der Waals surface area (Å²) >= 11 is 5.88. The lowest BCUT2D eigenvalue weighted by atomic mass is 10.0. The highest BCUT2D eigenvalue weighted by Gasteiger charge is 2.15. The van der Waals surface area contributed by atoms with Gasteiger partial charge in [-0.2, -0.15) is 0 Å². The zero-order valence-electron chi connectivity index (χ0n) is 11.3. The van der Waals surface area contributed by atoms with Gasteiger partial charge in [0.25, 0.3) is 0 Å². The van der Waals surface area contributed by atoms with Crippen molar-refractivity contribution in [1.82, 2.24) is 4.98 Å². The van der Waals surface area contributed by atoms with Crippen LogP contribution in [0.15, 0.2) is 48.5 Å². The summed E-state index contributed by atoms with van der Waals surface area (Å²) in [5.41, 5.74) is 3.16. The Hall–Kier alpha value is -2.39. The van der Waals surface area contributed by atoms with Crippen LogP contribution in [-0.2, 0) is 0 Å². The molecule has 1 aromatic heterocycles. The minimum atomic E-state index is -1.04. The van der Waals surface area contributed by atoms with Gasteiger partial charge in [-0.1, -0.05) is 35.9 Å². The molecular formula is C17H12ClNO2. The Kier molecular flexibility index (Phi) is 3.35. The summed E-state index contributed by atoms with van der Waals surface area (Å²) in [6.45, 7) is 1.95. The van der Waals surface area contributed by atoms with E-state index in [1.165, 1.54) is 0 Å². The zero-order valence-corrected chi connectivity index (χ0v) is 12.1. The number of aromatic carboxylic acids is 1. The van der Waals surface area contributed by atoms with Gasteiger partial charge < -0.3 is 5.11 Å². The summed E-state index contributed by atoms with van der Waals surface area (Å²) in [5.74, 6) is -1.04. The van der Waals surface area contributed by atoms with Crippen LogP contribution in [-0.4, -0.2) is 16.1 Å². The van der Waals surface area contributed by atoms with Crippen molar-refractivity contribution in [3.05, 3.63) is 64.8 Å². The molecule has 0 spiro atoms. The molecule has 0 bridgehead atoms. The molecule has 1 heterocycles. The van der Waals surface area contributed by atoms with E-state index in [4.69, 9.17) is 11.6 Å². The third-order valence-electron chi connectivity index (χ3n) is 3.33. The number of nitrogens with zero attached hydrogens (tertiary/aromatic N) is 1. The average Bonchev–Trinajstić information content (AvgIpc) is 2.46. The number of carboxylic acids is 1. The van der Waals surface area contributed by atoms with Crippen LogP contribution in [0.4, 0.5) is 0 Å². The molecule has 0 amide bonds. The average molecular weight is 298 g/mol. The number of hydrogen-bond acceptors (Lipinski definition) is 2. The van der Waals surface area contributed by atoms with Crippen LogP contribution in [0.3, 0.4) is 0 Å². The zero-order chi connectivity index (χ0) is 15.0. The third kappa shape index (κ3) is 2.60. The second kappa shape index (κ2) is 5.19. The number of aryl methyl sites for hydroxylation is 1. The van der Waals surface area contributed by atoms with Crippen LogP contribution in [0.1, 0.15) is 16.1 Å². The summed E-state index contributed by atoms with van der Waals surface area (Å²) in [6.07, 6.45) is 0. The topological polar surface area (TPSA) is 50.2 Å². The molecule has 104 valence electrons. The monoisotopic (exact) mass is 297 g/mol. The number of halogens is 1. The Balaban J connectivity index is 2.29. The molecule has 0 atom stereocenters. The van der Waals surface area contributed by atoms with Gasteiger partial charge in [-0.25, -0.2) is 9.78 Å². The first-order valence-electron chi connectivity index (χ1n) is 6.45. The van der Waals surface area contributed by atoms with Gasteiger partial charge in [0.1, 0.15) is 0 Å². The molecule has 0 radical (unpaired) electrons. The molecule has 2 aromatic carbocycles. The quantitative estimate of drug-likeness (QED) is 0.754. The maximum atomic E-state index is 11.5. The lowest BCUT2D eigenvalue weighted by Crippen LogP contribution is -2.03. The Labute approximate surface area is 126 Å². The number of aromatic nitrogens is 1. The Bertz CT molecular complexity index is 841. The van der Waals surface area contributed by atoms with Gasteiger partial charge in [0.2, 0.25) is 0 Å². The highest BCUT2D eigenvalue weighted by atomic mass is 35.5. The Morgan fingerprint density at radius 2 is 1.81 bits per heavy atom. The van der Waals surface area contributed by atoms with Crippen LogP contribution in [0, 0.1) is 6.92 Å². The molecule has 0 aliphatic rings. The predicted molar refractivity (Wildman–Crippen MR) is 83.9 cm³/mol. The van der Waals surface area contributed by atoms with E-state index in [0.717, 1.165) is 16.5 Å². The van der Waals surface area contributed by atoms with Crippen molar-refractivity contribution in [3.8, 4) is 11.1 Å². The van der Waals surface area contributed by atoms with E-state index < -0.39 is 5.97 Å². The molecular weight excluding hydrogens is 286 g/mol. The largest absolute Gasteiger partial charge is 0.476 e. The summed E-state index contributed by atoms with van der Waals surface area (Å²) < 4.78 is 0. The van der Waals surface area contributed by atoms with Crippen molar-refractivity contribution in [3.63, 3.8) is 0 Å². The molecule has 0 saturated carbocycles. The highest BCUT2D eigenvalue weighted by Crippen LogP contribution is 2.28. The molecule has 0 aliphatic carbocycles. The predicted octanol–water partition coefficient (Wildman–Crippen LogP) is 4.56. The highest BCUT2D eigenvalue weighted by molar-refractivity contribution is 6.30. The van der Waals surface area contributed by atoms with E-state index in [2.05, 4.69) is 4.98 Å². The smallest absolute Gasteiger partial charge is 0.355 e. The van der Waals surface area contributed by atoms with Gasteiger partial charge in [0, 0.05) is 16.0 Å². The van der Waals surface area contributed by atoms with Crippen LogP contribution in [0.5, 0.6) is 0 Å². The van der Waals surface area contributed by atoms with E-state index in [1.807, 2.05) is 31.2 Å². The normalized spacial score (nSPS) is 10.8. The summed E-state index contributed by atoms with van der Waals surface area (Å²) in [4.78, 5) is 15.8. The molecule has 21 heavy (non-hydrogen) atoms. The lowest BCUT2D eigenvalue weighted by Gasteiger charge is -2.09. The number of hydrogen-bond donors (Lipinski definition) is 1. The maximum absolute atomic E-state index is 11.5. The maximum Gasteiger partial charge on any atom is 0.355 e. The first kappa shape index (κ1) is 13.6. The number of fused-ring (bicyclic) bond motifs is 1. The molecule has 0 aliphatic heterocycles. The van der Waals surface area contributed by atoms with E-state index in [-0.39, 0.29) is 5.69 Å². The second-order valence-corrected chi connectivity index (χ2v) is 5.33. The van der Waals surface area contributed by atoms with Crippen LogP contribution in [0.25, 0.3) is 22.0 Å². The van der Waals surface area contributed by atoms with E-state index in [0.29, 0.717) is 16.1 Å². The number of carboxylic acid groups (broad SMARTS) is 1. The molecule has 4 heteroatoms. The van der Waals surface area contributed by atoms with Crippen molar-refractivity contribution in [2.45, 2.75) is 6.92 Å². The minimum Gasteiger partial charge on any atom is -0.476 e. The van der Waals surface area contributed by atoms with Gasteiger partial charge in [0.15, 0.2) is 5.69 Å². The van der Waals surface area contributed by atoms with Gasteiger partial charge >= 0.3 is 5.97 Å². The molecule has 1 N–H and O–H groups in total. The number of carbonyl (C=O) groups is 1. The summed E-state index contributed by atoms with van der Waals surface area (Å²) in [5, 5.41) is 10.9. The van der Waals surface area contributed by atoms with Crippen molar-refractivity contribution in [1.29, 1.82) is 0 Å². The number of rotatable bonds is 2. The molecule has 3 rings (SSSR count). The van der Waals surface area contributed by atoms with Gasteiger partial charge in [-0.3, -0.25) is 0 Å². The lowest BCUT2D eigenvalue weighted by molar-refractivity contribution is 0.0692. The van der Waals surface area contributed by atoms with Crippen molar-refractivity contribution < 1.29 is 9.90 Å². The van der Waals surface area contributed by atoms with Crippen LogP contribution < -0.4 is 0 Å². The number of benzene rings is 2. The first-order chi connectivity index (χ1) is 10.0. The van der Waals surface area contributed by atoms with Gasteiger partial charge in [-0.15, -0.1) is 0 Å². The van der Waals surface area contributed by atoms with Crippen LogP contribution >= 0.6 is 11.6 Å². The minimum absolute atomic E-state index is 0.0513. The molecule has 3 nitrogen and oxygen atoms in total. The molecule has 0 fully saturated rings. The standard InChI is InChI=1S/C17H12ClNO2/c1-10-2-3-12-9-14(11-4-6-13(18)7-5-11)16(17(20)21)19-15(12)8-10/h2-9H,1H3,(H,20,21). The third-order valence-corrected chi connectivity index (χ3v) is 3.58. The fourth-order valence-corrected chi connectivity index (χ4v) is 2.42. The summed E-state index contributed by atoms with van der Waals surface area (Å²) in [7, 11) is 0. The molecule has 0 saturated heterocycles. The van der Waals surface area contributed by atoms with Gasteiger partial charge in [0.05, 0.1) is 5.52 Å². The molecule has 3 aromatic rings. The van der Waals surface area contributed by atoms with E-state index in [1.54, 1.807) is 24.3 Å². The fourth-order valence-electron chi connectivity index (χ4n) is 2.29. The van der Waals surface area contributed by atoms with Crippen molar-refractivity contribution >= 4 is 28.5 Å². The van der Waals surface area contributed by atoms with Crippen LogP contribution in [0.2, 0.25) is 5.02 Å². The number of pyridine rings is 1. The molecule has 0 unspecified atom stereocenters. The van der Waals surface area contributed by atoms with Crippen molar-refractivity contribution in [2.75, 3.05) is 0 Å². The van der Waals surface area contributed by atoms with E-state index in [9.17, 15) is 9.90 Å². The van der Waals surface area contributed by atoms with E-state index >= 15 is 0 Å². The Morgan fingerprint density at radius 3 is 2.48 bits per heavy atom.